The maximum atomic E-state index is 12.0. The summed E-state index contributed by atoms with van der Waals surface area (Å²) in [6.45, 7) is 1.35. The van der Waals surface area contributed by atoms with E-state index < -0.39 is 4.92 Å². The van der Waals surface area contributed by atoms with Gasteiger partial charge in [-0.25, -0.2) is 0 Å². The van der Waals surface area contributed by atoms with E-state index in [4.69, 9.17) is 5.73 Å². The Morgan fingerprint density at radius 3 is 2.55 bits per heavy atom. The molecule has 1 aromatic carbocycles. The van der Waals surface area contributed by atoms with Gasteiger partial charge in [-0.2, -0.15) is 0 Å². The van der Waals surface area contributed by atoms with E-state index in [1.165, 1.54) is 12.1 Å². The maximum Gasteiger partial charge on any atom is 0.292 e. The minimum Gasteiger partial charge on any atom is -0.369 e. The summed E-state index contributed by atoms with van der Waals surface area (Å²) in [5.74, 6) is -0.745. The largest absolute Gasteiger partial charge is 0.369 e. The highest BCUT2D eigenvalue weighted by Gasteiger charge is 2.24. The lowest BCUT2D eigenvalue weighted by atomic mass is 9.96. The first-order valence-corrected chi connectivity index (χ1v) is 7.02. The third-order valence-corrected chi connectivity index (χ3v) is 3.73. The summed E-state index contributed by atoms with van der Waals surface area (Å²) in [4.78, 5) is 35.4. The predicted octanol–water partition coefficient (Wildman–Crippen LogP) is 0.731. The number of amides is 2. The van der Waals surface area contributed by atoms with Crippen molar-refractivity contribution in [3.05, 3.63) is 34.4 Å². The molecule has 0 unspecified atom stereocenters. The second kappa shape index (κ2) is 6.99. The zero-order chi connectivity index (χ0) is 16.1. The molecular weight excluding hydrogens is 288 g/mol. The van der Waals surface area contributed by atoms with Crippen LogP contribution in [0.25, 0.3) is 0 Å². The van der Waals surface area contributed by atoms with Gasteiger partial charge in [0, 0.05) is 12.0 Å². The molecule has 2 amide bonds. The van der Waals surface area contributed by atoms with Crippen molar-refractivity contribution in [2.24, 2.45) is 11.7 Å². The van der Waals surface area contributed by atoms with E-state index in [1.807, 2.05) is 4.90 Å². The molecule has 0 spiro atoms. The van der Waals surface area contributed by atoms with Gasteiger partial charge in [0.2, 0.25) is 11.8 Å². The van der Waals surface area contributed by atoms with Gasteiger partial charge in [-0.15, -0.1) is 0 Å². The van der Waals surface area contributed by atoms with Gasteiger partial charge in [-0.1, -0.05) is 12.1 Å². The maximum absolute atomic E-state index is 12.0. The van der Waals surface area contributed by atoms with Crippen molar-refractivity contribution in [1.29, 1.82) is 0 Å². The van der Waals surface area contributed by atoms with Crippen LogP contribution in [0, 0.1) is 16.0 Å². The zero-order valence-corrected chi connectivity index (χ0v) is 12.0. The van der Waals surface area contributed by atoms with Crippen molar-refractivity contribution in [1.82, 2.24) is 4.90 Å². The second-order valence-electron chi connectivity index (χ2n) is 5.28. The molecule has 2 rings (SSSR count). The first-order valence-electron chi connectivity index (χ1n) is 7.02. The molecule has 118 valence electrons. The number of para-hydroxylation sites is 2. The Morgan fingerprint density at radius 2 is 1.95 bits per heavy atom. The Bertz CT molecular complexity index is 582. The molecule has 1 fully saturated rings. The van der Waals surface area contributed by atoms with Crippen LogP contribution < -0.4 is 11.1 Å². The van der Waals surface area contributed by atoms with Crippen LogP contribution >= 0.6 is 0 Å². The summed E-state index contributed by atoms with van der Waals surface area (Å²) in [6.07, 6.45) is 1.27. The minimum absolute atomic E-state index is 0.130. The molecule has 3 N–H and O–H groups in total. The number of rotatable bonds is 5. The zero-order valence-electron chi connectivity index (χ0n) is 12.0. The van der Waals surface area contributed by atoms with Crippen molar-refractivity contribution in [2.45, 2.75) is 12.8 Å². The summed E-state index contributed by atoms with van der Waals surface area (Å²) in [6, 6.07) is 6.01. The number of nitro groups is 1. The summed E-state index contributed by atoms with van der Waals surface area (Å²) in [5.41, 5.74) is 5.31. The molecule has 0 bridgehead atoms. The van der Waals surface area contributed by atoms with Gasteiger partial charge < -0.3 is 11.1 Å². The first kappa shape index (κ1) is 15.9. The smallest absolute Gasteiger partial charge is 0.292 e. The SMILES string of the molecule is NC(=O)C1CCN(CC(=O)Nc2ccccc2[N+](=O)[O-])CC1. The van der Waals surface area contributed by atoms with Crippen LogP contribution in [-0.4, -0.2) is 41.3 Å². The molecule has 0 aromatic heterocycles. The predicted molar refractivity (Wildman–Crippen MR) is 80.1 cm³/mol. The fraction of sp³-hybridized carbons (Fsp3) is 0.429. The number of nitrogens with zero attached hydrogens (tertiary/aromatic N) is 2. The fourth-order valence-electron chi connectivity index (χ4n) is 2.51. The molecule has 22 heavy (non-hydrogen) atoms. The molecule has 1 saturated heterocycles. The quantitative estimate of drug-likeness (QED) is 0.614. The van der Waals surface area contributed by atoms with Gasteiger partial charge in [0.1, 0.15) is 5.69 Å². The van der Waals surface area contributed by atoms with Gasteiger partial charge in [0.15, 0.2) is 0 Å². The van der Waals surface area contributed by atoms with E-state index in [2.05, 4.69) is 5.32 Å². The molecule has 1 aromatic rings. The van der Waals surface area contributed by atoms with Crippen LogP contribution in [0.15, 0.2) is 24.3 Å². The average molecular weight is 306 g/mol. The average Bonchev–Trinajstić information content (AvgIpc) is 2.48. The third-order valence-electron chi connectivity index (χ3n) is 3.73. The van der Waals surface area contributed by atoms with E-state index in [1.54, 1.807) is 12.1 Å². The van der Waals surface area contributed by atoms with Gasteiger partial charge >= 0.3 is 0 Å². The Kier molecular flexibility index (Phi) is 5.05. The Balaban J connectivity index is 1.89. The third kappa shape index (κ3) is 4.01. The highest BCUT2D eigenvalue weighted by Crippen LogP contribution is 2.23. The number of carbonyl (C=O) groups excluding carboxylic acids is 2. The van der Waals surface area contributed by atoms with Crippen LogP contribution in [0.3, 0.4) is 0 Å². The molecule has 0 radical (unpaired) electrons. The number of carbonyl (C=O) groups is 2. The van der Waals surface area contributed by atoms with Crippen molar-refractivity contribution in [3.63, 3.8) is 0 Å². The number of hydrogen-bond donors (Lipinski definition) is 2. The number of benzene rings is 1. The number of anilines is 1. The molecule has 1 heterocycles. The van der Waals surface area contributed by atoms with Gasteiger partial charge in [-0.05, 0) is 32.0 Å². The number of piperidine rings is 1. The molecule has 0 aliphatic carbocycles. The highest BCUT2D eigenvalue weighted by atomic mass is 16.6. The molecular formula is C14H18N4O4. The molecule has 0 atom stereocenters. The van der Waals surface area contributed by atoms with Crippen LogP contribution in [0.4, 0.5) is 11.4 Å². The summed E-state index contributed by atoms with van der Waals surface area (Å²) >= 11 is 0. The molecule has 1 aliphatic heterocycles. The van der Waals surface area contributed by atoms with E-state index in [9.17, 15) is 19.7 Å². The van der Waals surface area contributed by atoms with E-state index in [0.717, 1.165) is 0 Å². The van der Waals surface area contributed by atoms with Crippen LogP contribution in [0.5, 0.6) is 0 Å². The van der Waals surface area contributed by atoms with Crippen LogP contribution in [-0.2, 0) is 9.59 Å². The van der Waals surface area contributed by atoms with Crippen molar-refractivity contribution in [3.8, 4) is 0 Å². The monoisotopic (exact) mass is 306 g/mol. The van der Waals surface area contributed by atoms with Crippen LogP contribution in [0.1, 0.15) is 12.8 Å². The van der Waals surface area contributed by atoms with E-state index in [0.29, 0.717) is 25.9 Å². The molecule has 8 heteroatoms. The Morgan fingerprint density at radius 1 is 1.32 bits per heavy atom. The number of likely N-dealkylation sites (tertiary alicyclic amines) is 1. The Labute approximate surface area is 127 Å². The van der Waals surface area contributed by atoms with Crippen LogP contribution in [0.2, 0.25) is 0 Å². The number of hydrogen-bond acceptors (Lipinski definition) is 5. The molecule has 8 nitrogen and oxygen atoms in total. The molecule has 0 saturated carbocycles. The minimum atomic E-state index is -0.534. The number of nitro benzene ring substituents is 1. The fourth-order valence-corrected chi connectivity index (χ4v) is 2.51. The Hall–Kier alpha value is -2.48. The van der Waals surface area contributed by atoms with Crippen molar-refractivity contribution < 1.29 is 14.5 Å². The van der Waals surface area contributed by atoms with Gasteiger partial charge in [0.05, 0.1) is 11.5 Å². The number of primary amides is 1. The highest BCUT2D eigenvalue weighted by molar-refractivity contribution is 5.94. The summed E-state index contributed by atoms with van der Waals surface area (Å²) in [7, 11) is 0. The number of nitrogens with two attached hydrogens (primary N) is 1. The number of nitrogens with one attached hydrogen (secondary N) is 1. The lowest BCUT2D eigenvalue weighted by Gasteiger charge is -2.29. The van der Waals surface area contributed by atoms with Crippen molar-refractivity contribution in [2.75, 3.05) is 25.0 Å². The summed E-state index contributed by atoms with van der Waals surface area (Å²) in [5, 5.41) is 13.5. The van der Waals surface area contributed by atoms with E-state index >= 15 is 0 Å². The first-order chi connectivity index (χ1) is 10.5. The topological polar surface area (TPSA) is 119 Å². The van der Waals surface area contributed by atoms with Crippen molar-refractivity contribution >= 4 is 23.2 Å². The normalized spacial score (nSPS) is 16.2. The van der Waals surface area contributed by atoms with Gasteiger partial charge in [0.25, 0.3) is 5.69 Å². The lowest BCUT2D eigenvalue weighted by Crippen LogP contribution is -2.42. The second-order valence-corrected chi connectivity index (χ2v) is 5.28. The molecule has 1 aliphatic rings. The lowest BCUT2D eigenvalue weighted by molar-refractivity contribution is -0.383. The van der Waals surface area contributed by atoms with E-state index in [-0.39, 0.29) is 35.7 Å². The van der Waals surface area contributed by atoms with Gasteiger partial charge in [-0.3, -0.25) is 24.6 Å². The summed E-state index contributed by atoms with van der Waals surface area (Å²) < 4.78 is 0. The standard InChI is InChI=1S/C14H18N4O4/c15-14(20)10-5-7-17(8-6-10)9-13(19)16-11-3-1-2-4-12(11)18(21)22/h1-4,10H,5-9H2,(H2,15,20)(H,16,19).